The van der Waals surface area contributed by atoms with Gasteiger partial charge in [0.05, 0.1) is 0 Å². The maximum atomic E-state index is 2.63. The molecule has 9 rings (SSSR count). The summed E-state index contributed by atoms with van der Waals surface area (Å²) < 4.78 is 2.63. The minimum absolute atomic E-state index is 0.168. The lowest BCUT2D eigenvalue weighted by Gasteiger charge is -2.32. The molecule has 2 heteroatoms. The summed E-state index contributed by atoms with van der Waals surface area (Å²) in [5, 5.41) is 5.27. The Bertz CT molecular complexity index is 2060. The van der Waals surface area contributed by atoms with E-state index in [4.69, 9.17) is 0 Å². The number of benzene rings is 6. The van der Waals surface area contributed by atoms with E-state index in [0.29, 0.717) is 0 Å². The molecule has 36 heavy (non-hydrogen) atoms. The normalized spacial score (nSPS) is 12.9. The number of rotatable bonds is 1. The summed E-state index contributed by atoms with van der Waals surface area (Å²) in [6.07, 6.45) is 0. The fraction of sp³-hybridized carbons (Fsp3) is 0. The van der Waals surface area contributed by atoms with Crippen LogP contribution in [0.2, 0.25) is 0 Å². The third-order valence-electron chi connectivity index (χ3n) is 8.37. The van der Waals surface area contributed by atoms with E-state index in [2.05, 4.69) is 126 Å². The van der Waals surface area contributed by atoms with Gasteiger partial charge in [0.25, 0.3) is 0 Å². The average Bonchev–Trinajstić information content (AvgIpc) is 3.29. The maximum absolute atomic E-state index is 2.63. The van der Waals surface area contributed by atoms with Crippen LogP contribution in [0.5, 0.6) is 0 Å². The van der Waals surface area contributed by atoms with E-state index < -0.39 is 0 Å². The predicted octanol–water partition coefficient (Wildman–Crippen LogP) is 7.23. The molecule has 0 atom stereocenters. The summed E-state index contributed by atoms with van der Waals surface area (Å²) in [7, 11) is 0. The predicted molar refractivity (Wildman–Crippen MR) is 154 cm³/mol. The molecule has 0 fully saturated rings. The highest BCUT2D eigenvalue weighted by Crippen LogP contribution is 2.44. The molecule has 1 aromatic heterocycles. The summed E-state index contributed by atoms with van der Waals surface area (Å²) in [6.45, 7) is 0.168. The van der Waals surface area contributed by atoms with Crippen molar-refractivity contribution in [3.8, 4) is 33.4 Å². The fourth-order valence-electron chi connectivity index (χ4n) is 6.85. The Hall–Kier alpha value is -4.56. The Morgan fingerprint density at radius 1 is 0.417 bits per heavy atom. The first-order chi connectivity index (χ1) is 17.9. The van der Waals surface area contributed by atoms with Gasteiger partial charge in [-0.1, -0.05) is 115 Å². The van der Waals surface area contributed by atoms with Crippen LogP contribution in [0.15, 0.2) is 121 Å². The first-order valence-corrected chi connectivity index (χ1v) is 12.7. The summed E-state index contributed by atoms with van der Waals surface area (Å²) in [4.78, 5) is 0. The van der Waals surface area contributed by atoms with Crippen molar-refractivity contribution in [1.29, 1.82) is 0 Å². The Balaban J connectivity index is 1.40. The van der Waals surface area contributed by atoms with E-state index in [0.717, 1.165) is 0 Å². The highest BCUT2D eigenvalue weighted by atomic mass is 14.9. The average molecular weight is 453 g/mol. The summed E-state index contributed by atoms with van der Waals surface area (Å²) >= 11 is 0. The lowest BCUT2D eigenvalue weighted by molar-refractivity contribution is 1.31. The highest BCUT2D eigenvalue weighted by molar-refractivity contribution is 6.88. The molecule has 0 unspecified atom stereocenters. The Labute approximate surface area is 209 Å². The molecule has 0 saturated carbocycles. The van der Waals surface area contributed by atoms with Gasteiger partial charge in [-0.05, 0) is 50.0 Å². The van der Waals surface area contributed by atoms with Crippen molar-refractivity contribution in [3.63, 3.8) is 0 Å². The van der Waals surface area contributed by atoms with Gasteiger partial charge in [-0.25, -0.2) is 0 Å². The second-order valence-electron chi connectivity index (χ2n) is 10.1. The molecule has 6 aromatic carbocycles. The zero-order valence-corrected chi connectivity index (χ0v) is 19.6. The van der Waals surface area contributed by atoms with Crippen molar-refractivity contribution in [3.05, 3.63) is 121 Å². The van der Waals surface area contributed by atoms with Gasteiger partial charge >= 0.3 is 6.85 Å². The largest absolute Gasteiger partial charge is 0.375 e. The number of hydrogen-bond acceptors (Lipinski definition) is 0. The Morgan fingerprint density at radius 2 is 1.03 bits per heavy atom. The molecule has 0 aliphatic carbocycles. The molecule has 7 aromatic rings. The Kier molecular flexibility index (Phi) is 3.41. The Morgan fingerprint density at radius 3 is 1.83 bits per heavy atom. The first-order valence-electron chi connectivity index (χ1n) is 12.7. The molecular weight excluding hydrogens is 433 g/mol. The fourth-order valence-corrected chi connectivity index (χ4v) is 6.85. The third kappa shape index (κ3) is 2.23. The van der Waals surface area contributed by atoms with Crippen LogP contribution in [0, 0.1) is 0 Å². The molecule has 0 amide bonds. The van der Waals surface area contributed by atoms with E-state index in [1.807, 2.05) is 0 Å². The topological polar surface area (TPSA) is 4.93 Å². The van der Waals surface area contributed by atoms with E-state index in [1.54, 1.807) is 0 Å². The molecule has 0 spiro atoms. The zero-order valence-electron chi connectivity index (χ0n) is 19.6. The number of para-hydroxylation sites is 2. The van der Waals surface area contributed by atoms with Gasteiger partial charge in [-0.3, -0.25) is 0 Å². The van der Waals surface area contributed by atoms with Crippen LogP contribution in [-0.2, 0) is 0 Å². The molecular formula is C34H20BN. The molecule has 0 bridgehead atoms. The highest BCUT2D eigenvalue weighted by Gasteiger charge is 2.38. The van der Waals surface area contributed by atoms with Crippen molar-refractivity contribution < 1.29 is 0 Å². The molecule has 2 aliphatic rings. The monoisotopic (exact) mass is 453 g/mol. The lowest BCUT2D eigenvalue weighted by Crippen LogP contribution is -2.53. The van der Waals surface area contributed by atoms with Crippen molar-refractivity contribution in [2.45, 2.75) is 0 Å². The SMILES string of the molecule is c1ccc2c(c1)B1c3cc(-c4ccc5ccccc5c4)ccc3-c3cccc4c5cccc-2c5n1c34. The zero-order chi connectivity index (χ0) is 23.4. The van der Waals surface area contributed by atoms with Crippen LogP contribution in [0.4, 0.5) is 0 Å². The summed E-state index contributed by atoms with van der Waals surface area (Å²) in [5.41, 5.74) is 13.4. The van der Waals surface area contributed by atoms with Gasteiger partial charge in [0.2, 0.25) is 0 Å². The summed E-state index contributed by atoms with van der Waals surface area (Å²) in [5.74, 6) is 0. The standard InChI is InChI=1S/C34H20BN/c1-2-8-22-19-23(16-15-21(22)7-1)24-17-18-26-28-11-6-13-30-29-12-5-10-27-25-9-3-4-14-31(25)35(32(26)20-24)36(33(27)29)34(28)30/h1-20H. The minimum Gasteiger partial charge on any atom is -0.375 e. The van der Waals surface area contributed by atoms with Gasteiger partial charge < -0.3 is 4.48 Å². The van der Waals surface area contributed by atoms with Crippen LogP contribution in [0.3, 0.4) is 0 Å². The minimum atomic E-state index is 0.168. The van der Waals surface area contributed by atoms with Crippen LogP contribution in [0.1, 0.15) is 0 Å². The van der Waals surface area contributed by atoms with E-state index in [1.165, 1.54) is 76.9 Å². The van der Waals surface area contributed by atoms with Gasteiger partial charge in [0, 0.05) is 32.9 Å². The molecule has 3 heterocycles. The van der Waals surface area contributed by atoms with Crippen LogP contribution >= 0.6 is 0 Å². The first kappa shape index (κ1) is 18.7. The second-order valence-corrected chi connectivity index (χ2v) is 10.1. The molecule has 0 saturated heterocycles. The number of aromatic nitrogens is 1. The van der Waals surface area contributed by atoms with Crippen molar-refractivity contribution in [2.75, 3.05) is 0 Å². The van der Waals surface area contributed by atoms with Gasteiger partial charge in [-0.15, -0.1) is 0 Å². The molecule has 1 nitrogen and oxygen atoms in total. The van der Waals surface area contributed by atoms with E-state index >= 15 is 0 Å². The van der Waals surface area contributed by atoms with E-state index in [9.17, 15) is 0 Å². The van der Waals surface area contributed by atoms with Crippen LogP contribution in [0.25, 0.3) is 66.0 Å². The number of hydrogen-bond donors (Lipinski definition) is 0. The van der Waals surface area contributed by atoms with Gasteiger partial charge in [0.15, 0.2) is 0 Å². The van der Waals surface area contributed by atoms with Crippen LogP contribution < -0.4 is 10.9 Å². The molecule has 0 N–H and O–H groups in total. The van der Waals surface area contributed by atoms with Crippen molar-refractivity contribution >= 4 is 50.4 Å². The molecule has 164 valence electrons. The third-order valence-corrected chi connectivity index (χ3v) is 8.37. The van der Waals surface area contributed by atoms with Gasteiger partial charge in [0.1, 0.15) is 0 Å². The second kappa shape index (κ2) is 6.56. The van der Waals surface area contributed by atoms with Crippen molar-refractivity contribution in [1.82, 2.24) is 4.48 Å². The van der Waals surface area contributed by atoms with Gasteiger partial charge in [-0.2, -0.15) is 0 Å². The number of fused-ring (bicyclic) bond motifs is 8. The molecule has 0 radical (unpaired) electrons. The lowest BCUT2D eigenvalue weighted by atomic mass is 9.45. The smallest absolute Gasteiger partial charge is 0.329 e. The quantitative estimate of drug-likeness (QED) is 0.231. The summed E-state index contributed by atoms with van der Waals surface area (Å²) in [6, 6.07) is 45.2. The van der Waals surface area contributed by atoms with E-state index in [-0.39, 0.29) is 6.85 Å². The van der Waals surface area contributed by atoms with Crippen molar-refractivity contribution in [2.24, 2.45) is 0 Å². The van der Waals surface area contributed by atoms with Crippen LogP contribution in [-0.4, -0.2) is 11.3 Å². The molecule has 2 aliphatic heterocycles. The number of nitrogens with zero attached hydrogens (tertiary/aromatic N) is 1. The maximum Gasteiger partial charge on any atom is 0.329 e.